The molecule has 0 saturated heterocycles. The molecule has 0 radical (unpaired) electrons. The van der Waals surface area contributed by atoms with Crippen molar-refractivity contribution in [2.24, 2.45) is 7.05 Å². The first-order chi connectivity index (χ1) is 14.8. The highest BCUT2D eigenvalue weighted by molar-refractivity contribution is 6.04. The van der Waals surface area contributed by atoms with Gasteiger partial charge in [-0.15, -0.1) is 0 Å². The number of esters is 1. The Morgan fingerprint density at radius 3 is 2.81 bits per heavy atom. The summed E-state index contributed by atoms with van der Waals surface area (Å²) in [6, 6.07) is 5.25. The number of aryl methyl sites for hydroxylation is 2. The van der Waals surface area contributed by atoms with E-state index in [1.165, 1.54) is 31.8 Å². The Morgan fingerprint density at radius 2 is 2.06 bits per heavy atom. The maximum absolute atomic E-state index is 12.5. The molecule has 0 spiro atoms. The Bertz CT molecular complexity index is 1290. The Balaban J connectivity index is 1.44. The van der Waals surface area contributed by atoms with Crippen LogP contribution in [0.15, 0.2) is 33.7 Å². The minimum atomic E-state index is -0.845. The van der Waals surface area contributed by atoms with Crippen molar-refractivity contribution < 1.29 is 23.5 Å². The lowest BCUT2D eigenvalue weighted by Gasteiger charge is -2.15. The van der Waals surface area contributed by atoms with Gasteiger partial charge in [-0.3, -0.25) is 14.4 Å². The van der Waals surface area contributed by atoms with Gasteiger partial charge in [0.25, 0.3) is 11.5 Å². The summed E-state index contributed by atoms with van der Waals surface area (Å²) in [5, 5.41) is 2.68. The van der Waals surface area contributed by atoms with Gasteiger partial charge in [0.1, 0.15) is 23.0 Å². The zero-order valence-corrected chi connectivity index (χ0v) is 17.2. The summed E-state index contributed by atoms with van der Waals surface area (Å²) < 4.78 is 11.7. The van der Waals surface area contributed by atoms with Crippen molar-refractivity contribution >= 4 is 40.3 Å². The van der Waals surface area contributed by atoms with Crippen LogP contribution in [0.25, 0.3) is 11.1 Å². The van der Waals surface area contributed by atoms with Crippen molar-refractivity contribution in [1.29, 1.82) is 0 Å². The molecule has 1 N–H and O–H groups in total. The van der Waals surface area contributed by atoms with Crippen molar-refractivity contribution in [3.05, 3.63) is 51.8 Å². The van der Waals surface area contributed by atoms with Crippen LogP contribution in [0.1, 0.15) is 28.6 Å². The van der Waals surface area contributed by atoms with Gasteiger partial charge in [-0.25, -0.2) is 9.78 Å². The largest absolute Gasteiger partial charge is 0.452 e. The summed E-state index contributed by atoms with van der Waals surface area (Å²) in [5.41, 5.74) is 1.86. The van der Waals surface area contributed by atoms with Crippen LogP contribution in [-0.4, -0.2) is 40.5 Å². The van der Waals surface area contributed by atoms with Crippen molar-refractivity contribution in [1.82, 2.24) is 9.55 Å². The fourth-order valence-corrected chi connectivity index (χ4v) is 3.64. The molecule has 31 heavy (non-hydrogen) atoms. The van der Waals surface area contributed by atoms with Crippen LogP contribution in [0.5, 0.6) is 0 Å². The summed E-state index contributed by atoms with van der Waals surface area (Å²) >= 11 is 0. The van der Waals surface area contributed by atoms with E-state index in [0.717, 1.165) is 11.3 Å². The summed E-state index contributed by atoms with van der Waals surface area (Å²) in [5.74, 6) is -1.23. The van der Waals surface area contributed by atoms with E-state index in [0.29, 0.717) is 18.7 Å². The lowest BCUT2D eigenvalue weighted by Crippen LogP contribution is -2.25. The molecular formula is C21H20N4O6. The van der Waals surface area contributed by atoms with E-state index in [1.807, 2.05) is 0 Å². The smallest absolute Gasteiger partial charge is 0.343 e. The normalized spacial score (nSPS) is 12.7. The maximum Gasteiger partial charge on any atom is 0.343 e. The quantitative estimate of drug-likeness (QED) is 0.630. The molecule has 3 heterocycles. The van der Waals surface area contributed by atoms with Gasteiger partial charge in [0.15, 0.2) is 6.61 Å². The Labute approximate surface area is 176 Å². The minimum Gasteiger partial charge on any atom is -0.452 e. The third-order valence-corrected chi connectivity index (χ3v) is 5.13. The predicted octanol–water partition coefficient (Wildman–Crippen LogP) is 1.54. The average Bonchev–Trinajstić information content (AvgIpc) is 3.29. The second kappa shape index (κ2) is 7.71. The van der Waals surface area contributed by atoms with Crippen molar-refractivity contribution in [3.63, 3.8) is 0 Å². The molecule has 0 fully saturated rings. The number of carbonyl (C=O) groups excluding carboxylic acids is 3. The summed E-state index contributed by atoms with van der Waals surface area (Å²) in [4.78, 5) is 54.5. The number of amides is 2. The number of benzene rings is 1. The van der Waals surface area contributed by atoms with E-state index in [4.69, 9.17) is 9.15 Å². The number of furan rings is 1. The molecule has 0 unspecified atom stereocenters. The number of aromatic nitrogens is 2. The van der Waals surface area contributed by atoms with Crippen LogP contribution in [0, 0.1) is 6.92 Å². The molecule has 2 amide bonds. The standard InChI is InChI=1S/C21H20N4O6/c1-11-17(18-19(31-11)22-10-24(3)20(18)28)21(29)30-9-16(27)23-14-4-5-15-13(8-14)6-7-25(15)12(2)26/h4-5,8,10H,6-7,9H2,1-3H3,(H,23,27). The third kappa shape index (κ3) is 3.67. The van der Waals surface area contributed by atoms with Gasteiger partial charge in [-0.2, -0.15) is 0 Å². The zero-order valence-electron chi connectivity index (χ0n) is 17.2. The van der Waals surface area contributed by atoms with Crippen molar-refractivity contribution in [2.75, 3.05) is 23.4 Å². The molecule has 0 aliphatic carbocycles. The summed E-state index contributed by atoms with van der Waals surface area (Å²) in [6.45, 7) is 3.09. The van der Waals surface area contributed by atoms with Gasteiger partial charge in [0.05, 0.1) is 0 Å². The lowest BCUT2D eigenvalue weighted by molar-refractivity contribution is -0.119. The van der Waals surface area contributed by atoms with Crippen LogP contribution in [0.2, 0.25) is 0 Å². The fraction of sp³-hybridized carbons (Fsp3) is 0.286. The molecule has 10 nitrogen and oxygen atoms in total. The van der Waals surface area contributed by atoms with E-state index in [-0.39, 0.29) is 28.3 Å². The number of nitrogens with zero attached hydrogens (tertiary/aromatic N) is 3. The van der Waals surface area contributed by atoms with Gasteiger partial charge >= 0.3 is 5.97 Å². The third-order valence-electron chi connectivity index (χ3n) is 5.13. The molecule has 0 saturated carbocycles. The van der Waals surface area contributed by atoms with E-state index in [2.05, 4.69) is 10.3 Å². The number of ether oxygens (including phenoxy) is 1. The SMILES string of the molecule is CC(=O)N1CCc2cc(NC(=O)COC(=O)c3c(C)oc4ncn(C)c(=O)c34)ccc21. The number of hydrogen-bond donors (Lipinski definition) is 1. The molecule has 1 aliphatic heterocycles. The number of nitrogens with one attached hydrogen (secondary N) is 1. The number of carbonyl (C=O) groups is 3. The number of fused-ring (bicyclic) bond motifs is 2. The van der Waals surface area contributed by atoms with Crippen LogP contribution < -0.4 is 15.8 Å². The molecular weight excluding hydrogens is 404 g/mol. The number of rotatable bonds is 4. The highest BCUT2D eigenvalue weighted by atomic mass is 16.5. The maximum atomic E-state index is 12.5. The zero-order chi connectivity index (χ0) is 22.3. The van der Waals surface area contributed by atoms with Gasteiger partial charge in [0, 0.05) is 31.9 Å². The summed E-state index contributed by atoms with van der Waals surface area (Å²) in [6.07, 6.45) is 1.99. The Hall–Kier alpha value is -3.95. The van der Waals surface area contributed by atoms with Crippen molar-refractivity contribution in [3.8, 4) is 0 Å². The fourth-order valence-electron chi connectivity index (χ4n) is 3.64. The first-order valence-electron chi connectivity index (χ1n) is 9.59. The number of hydrogen-bond acceptors (Lipinski definition) is 7. The molecule has 160 valence electrons. The van der Waals surface area contributed by atoms with Crippen LogP contribution in [0.4, 0.5) is 11.4 Å². The van der Waals surface area contributed by atoms with Gasteiger partial charge < -0.3 is 23.9 Å². The molecule has 3 aromatic rings. The second-order valence-electron chi connectivity index (χ2n) is 7.26. The van der Waals surface area contributed by atoms with Crippen LogP contribution in [0.3, 0.4) is 0 Å². The highest BCUT2D eigenvalue weighted by Crippen LogP contribution is 2.30. The van der Waals surface area contributed by atoms with Gasteiger partial charge in [-0.05, 0) is 37.1 Å². The molecule has 2 aromatic heterocycles. The van der Waals surface area contributed by atoms with E-state index in [9.17, 15) is 19.2 Å². The molecule has 1 aromatic carbocycles. The Morgan fingerprint density at radius 1 is 1.29 bits per heavy atom. The molecule has 4 rings (SSSR count). The highest BCUT2D eigenvalue weighted by Gasteiger charge is 2.25. The van der Waals surface area contributed by atoms with E-state index < -0.39 is 24.0 Å². The average molecular weight is 424 g/mol. The monoisotopic (exact) mass is 424 g/mol. The predicted molar refractivity (Wildman–Crippen MR) is 111 cm³/mol. The topological polar surface area (TPSA) is 124 Å². The first kappa shape index (κ1) is 20.3. The molecule has 10 heteroatoms. The molecule has 1 aliphatic rings. The minimum absolute atomic E-state index is 0.0153. The summed E-state index contributed by atoms with van der Waals surface area (Å²) in [7, 11) is 1.51. The molecule has 0 bridgehead atoms. The van der Waals surface area contributed by atoms with Gasteiger partial charge in [-0.1, -0.05) is 0 Å². The lowest BCUT2D eigenvalue weighted by atomic mass is 10.1. The van der Waals surface area contributed by atoms with Crippen LogP contribution >= 0.6 is 0 Å². The van der Waals surface area contributed by atoms with Crippen molar-refractivity contribution in [2.45, 2.75) is 20.3 Å². The Kier molecular flexibility index (Phi) is 5.05. The van der Waals surface area contributed by atoms with E-state index >= 15 is 0 Å². The number of anilines is 2. The van der Waals surface area contributed by atoms with E-state index in [1.54, 1.807) is 23.1 Å². The second-order valence-corrected chi connectivity index (χ2v) is 7.26. The molecule has 0 atom stereocenters. The van der Waals surface area contributed by atoms with Crippen LogP contribution in [-0.2, 0) is 27.8 Å². The van der Waals surface area contributed by atoms with Gasteiger partial charge in [0.2, 0.25) is 11.6 Å². The first-order valence-corrected chi connectivity index (χ1v) is 9.59.